The van der Waals surface area contributed by atoms with Gasteiger partial charge >= 0.3 is 0 Å². The topological polar surface area (TPSA) is 116 Å². The molecule has 0 spiro atoms. The fraction of sp³-hybridized carbons (Fsp3) is 0.500. The van der Waals surface area contributed by atoms with E-state index in [9.17, 15) is 9.90 Å². The van der Waals surface area contributed by atoms with Crippen LogP contribution in [0.2, 0.25) is 0 Å². The highest BCUT2D eigenvalue weighted by molar-refractivity contribution is 6.06. The predicted octanol–water partition coefficient (Wildman–Crippen LogP) is 3.88. The van der Waals surface area contributed by atoms with Gasteiger partial charge < -0.3 is 29.2 Å². The maximum Gasteiger partial charge on any atom is 0.259 e. The Kier molecular flexibility index (Phi) is 7.16. The van der Waals surface area contributed by atoms with Crippen LogP contribution in [0.5, 0.6) is 17.2 Å². The van der Waals surface area contributed by atoms with Gasteiger partial charge in [0.1, 0.15) is 12.7 Å². The van der Waals surface area contributed by atoms with Crippen LogP contribution < -0.4 is 19.5 Å². The fourth-order valence-corrected chi connectivity index (χ4v) is 3.92. The number of pyridine rings is 1. The number of carbonyl (C=O) groups excluding carboxylic acids is 1. The molecule has 1 fully saturated rings. The Morgan fingerprint density at radius 3 is 2.51 bits per heavy atom. The first-order valence-corrected chi connectivity index (χ1v) is 11.8. The summed E-state index contributed by atoms with van der Waals surface area (Å²) >= 11 is 0. The SMILES string of the molecule is COc1cccc(OC)c1OCC(O)CNC(=O)c1cc(C2CC2)nc2onc(CC(C)(C)C)c12. The Balaban J connectivity index is 1.48. The summed E-state index contributed by atoms with van der Waals surface area (Å²) in [6.07, 6.45) is 1.78. The molecule has 1 saturated carbocycles. The number of nitrogens with zero attached hydrogens (tertiary/aromatic N) is 2. The molecule has 1 unspecified atom stereocenters. The lowest BCUT2D eigenvalue weighted by atomic mass is 9.89. The Bertz CT molecular complexity index is 1170. The first-order valence-electron chi connectivity index (χ1n) is 11.8. The lowest BCUT2D eigenvalue weighted by Gasteiger charge is -2.18. The van der Waals surface area contributed by atoms with Crippen LogP contribution in [0.1, 0.15) is 61.3 Å². The minimum atomic E-state index is -0.953. The van der Waals surface area contributed by atoms with Gasteiger partial charge in [-0.25, -0.2) is 4.98 Å². The molecule has 1 aliphatic rings. The fourth-order valence-electron chi connectivity index (χ4n) is 3.92. The predicted molar refractivity (Wildman–Crippen MR) is 130 cm³/mol. The minimum absolute atomic E-state index is 0.00123. The van der Waals surface area contributed by atoms with E-state index in [1.54, 1.807) is 18.2 Å². The lowest BCUT2D eigenvalue weighted by molar-refractivity contribution is 0.0834. The standard InChI is InChI=1S/C26H33N3O6/c1-26(2,3)12-19-22-17(11-18(15-9-10-15)28-25(22)35-29-19)24(31)27-13-16(30)14-34-23-20(32-4)7-6-8-21(23)33-5/h6-8,11,15-16,30H,9-10,12-14H2,1-5H3,(H,27,31). The van der Waals surface area contributed by atoms with Crippen molar-refractivity contribution in [2.24, 2.45) is 5.41 Å². The van der Waals surface area contributed by atoms with Crippen molar-refractivity contribution in [1.29, 1.82) is 0 Å². The highest BCUT2D eigenvalue weighted by atomic mass is 16.5. The van der Waals surface area contributed by atoms with E-state index >= 15 is 0 Å². The second kappa shape index (κ2) is 10.1. The Morgan fingerprint density at radius 2 is 1.91 bits per heavy atom. The first kappa shape index (κ1) is 24.8. The number of aliphatic hydroxyl groups excluding tert-OH is 1. The third-order valence-electron chi connectivity index (χ3n) is 5.78. The van der Waals surface area contributed by atoms with Crippen LogP contribution in [0.15, 0.2) is 28.8 Å². The minimum Gasteiger partial charge on any atom is -0.493 e. The second-order valence-electron chi connectivity index (χ2n) is 10.1. The zero-order valence-corrected chi connectivity index (χ0v) is 20.9. The number of aromatic nitrogens is 2. The molecule has 1 atom stereocenters. The van der Waals surface area contributed by atoms with Crippen LogP contribution in [-0.4, -0.2) is 54.6 Å². The van der Waals surface area contributed by atoms with E-state index in [0.29, 0.717) is 51.9 Å². The van der Waals surface area contributed by atoms with Gasteiger partial charge in [0.15, 0.2) is 11.5 Å². The van der Waals surface area contributed by atoms with Gasteiger partial charge in [0.05, 0.1) is 30.9 Å². The number of ether oxygens (including phenoxy) is 3. The van der Waals surface area contributed by atoms with Crippen LogP contribution in [0.4, 0.5) is 0 Å². The van der Waals surface area contributed by atoms with Gasteiger partial charge in [-0.15, -0.1) is 0 Å². The summed E-state index contributed by atoms with van der Waals surface area (Å²) in [6.45, 7) is 6.25. The molecule has 1 amide bonds. The summed E-state index contributed by atoms with van der Waals surface area (Å²) in [6, 6.07) is 7.10. The zero-order valence-electron chi connectivity index (χ0n) is 20.9. The second-order valence-corrected chi connectivity index (χ2v) is 10.1. The van der Waals surface area contributed by atoms with E-state index in [-0.39, 0.29) is 24.5 Å². The van der Waals surface area contributed by atoms with Crippen molar-refractivity contribution in [3.05, 3.63) is 41.2 Å². The molecule has 3 aromatic rings. The summed E-state index contributed by atoms with van der Waals surface area (Å²) in [5, 5.41) is 18.2. The number of nitrogens with one attached hydrogen (secondary N) is 1. The van der Waals surface area contributed by atoms with E-state index in [0.717, 1.165) is 18.5 Å². The molecule has 9 heteroatoms. The Labute approximate surface area is 204 Å². The van der Waals surface area contributed by atoms with E-state index in [1.807, 2.05) is 6.07 Å². The van der Waals surface area contributed by atoms with Crippen molar-refractivity contribution in [2.45, 2.75) is 52.1 Å². The van der Waals surface area contributed by atoms with Crippen molar-refractivity contribution in [2.75, 3.05) is 27.4 Å². The van der Waals surface area contributed by atoms with E-state index < -0.39 is 6.10 Å². The largest absolute Gasteiger partial charge is 0.493 e. The van der Waals surface area contributed by atoms with E-state index in [2.05, 4.69) is 36.2 Å². The number of para-hydroxylation sites is 1. The maximum atomic E-state index is 13.2. The zero-order chi connectivity index (χ0) is 25.2. The number of carbonyl (C=O) groups is 1. The lowest BCUT2D eigenvalue weighted by Crippen LogP contribution is -2.35. The van der Waals surface area contributed by atoms with Gasteiger partial charge in [-0.1, -0.05) is 32.0 Å². The van der Waals surface area contributed by atoms with Gasteiger partial charge in [0.25, 0.3) is 11.6 Å². The summed E-state index contributed by atoms with van der Waals surface area (Å²) < 4.78 is 21.9. The first-order chi connectivity index (χ1) is 16.7. The molecule has 0 bridgehead atoms. The molecule has 0 radical (unpaired) electrons. The molecule has 1 aliphatic carbocycles. The summed E-state index contributed by atoms with van der Waals surface area (Å²) in [5.74, 6) is 1.41. The molecular weight excluding hydrogens is 450 g/mol. The van der Waals surface area contributed by atoms with Crippen molar-refractivity contribution < 1.29 is 28.6 Å². The van der Waals surface area contributed by atoms with E-state index in [4.69, 9.17) is 18.7 Å². The molecule has 0 saturated heterocycles. The molecule has 2 N–H and O–H groups in total. The number of fused-ring (bicyclic) bond motifs is 1. The van der Waals surface area contributed by atoms with Crippen molar-refractivity contribution in [3.8, 4) is 17.2 Å². The Morgan fingerprint density at radius 1 is 1.23 bits per heavy atom. The van der Waals surface area contributed by atoms with Crippen LogP contribution >= 0.6 is 0 Å². The molecular formula is C26H33N3O6. The van der Waals surface area contributed by atoms with Gasteiger partial charge in [0, 0.05) is 18.2 Å². The van der Waals surface area contributed by atoms with Crippen LogP contribution in [-0.2, 0) is 6.42 Å². The number of methoxy groups -OCH3 is 2. The smallest absolute Gasteiger partial charge is 0.259 e. The average Bonchev–Trinajstić information content (AvgIpc) is 3.61. The monoisotopic (exact) mass is 483 g/mol. The average molecular weight is 484 g/mol. The third kappa shape index (κ3) is 5.85. The van der Waals surface area contributed by atoms with Crippen LogP contribution in [0.3, 0.4) is 0 Å². The Hall–Kier alpha value is -3.33. The molecule has 9 nitrogen and oxygen atoms in total. The van der Waals surface area contributed by atoms with Gasteiger partial charge in [0.2, 0.25) is 5.75 Å². The molecule has 188 valence electrons. The number of hydrogen-bond acceptors (Lipinski definition) is 8. The highest BCUT2D eigenvalue weighted by Crippen LogP contribution is 2.41. The van der Waals surface area contributed by atoms with Crippen LogP contribution in [0, 0.1) is 5.41 Å². The molecule has 2 aromatic heterocycles. The van der Waals surface area contributed by atoms with Gasteiger partial charge in [-0.2, -0.15) is 0 Å². The molecule has 2 heterocycles. The summed E-state index contributed by atoms with van der Waals surface area (Å²) in [7, 11) is 3.06. The van der Waals surface area contributed by atoms with E-state index in [1.165, 1.54) is 14.2 Å². The normalized spacial score (nSPS) is 14.6. The van der Waals surface area contributed by atoms with Gasteiger partial charge in [-0.3, -0.25) is 4.79 Å². The molecule has 35 heavy (non-hydrogen) atoms. The third-order valence-corrected chi connectivity index (χ3v) is 5.78. The number of rotatable bonds is 10. The molecule has 1 aromatic carbocycles. The number of amides is 1. The summed E-state index contributed by atoms with van der Waals surface area (Å²) in [5.41, 5.74) is 2.36. The van der Waals surface area contributed by atoms with Crippen molar-refractivity contribution in [3.63, 3.8) is 0 Å². The quantitative estimate of drug-likeness (QED) is 0.446. The van der Waals surface area contributed by atoms with Gasteiger partial charge in [-0.05, 0) is 42.9 Å². The maximum absolute atomic E-state index is 13.2. The highest BCUT2D eigenvalue weighted by Gasteiger charge is 2.30. The number of benzene rings is 1. The molecule has 0 aliphatic heterocycles. The molecule has 4 rings (SSSR count). The van der Waals surface area contributed by atoms with Crippen molar-refractivity contribution >= 4 is 17.0 Å². The number of aliphatic hydroxyl groups is 1. The number of hydrogen-bond donors (Lipinski definition) is 2. The van der Waals surface area contributed by atoms with Crippen LogP contribution in [0.25, 0.3) is 11.1 Å². The van der Waals surface area contributed by atoms with Crippen molar-refractivity contribution in [1.82, 2.24) is 15.5 Å². The summed E-state index contributed by atoms with van der Waals surface area (Å²) in [4.78, 5) is 17.9.